The summed E-state index contributed by atoms with van der Waals surface area (Å²) >= 11 is 2.51. The van der Waals surface area contributed by atoms with Crippen molar-refractivity contribution in [3.63, 3.8) is 0 Å². The van der Waals surface area contributed by atoms with Gasteiger partial charge in [-0.15, -0.1) is 0 Å². The predicted molar refractivity (Wildman–Crippen MR) is 88.4 cm³/mol. The first-order chi connectivity index (χ1) is 8.86. The number of carbonyl (C=O) groups excluding carboxylic acids is 1. The van der Waals surface area contributed by atoms with E-state index >= 15 is 0 Å². The molecule has 0 radical (unpaired) electrons. The zero-order valence-electron chi connectivity index (χ0n) is 12.7. The van der Waals surface area contributed by atoms with Gasteiger partial charge in [0, 0.05) is 4.43 Å². The quantitative estimate of drug-likeness (QED) is 0.302. The first-order valence-corrected chi connectivity index (χ1v) is 8.68. The van der Waals surface area contributed by atoms with E-state index in [4.69, 9.17) is 4.74 Å². The summed E-state index contributed by atoms with van der Waals surface area (Å²) in [5.41, 5.74) is 1.27. The molecule has 0 aromatic carbocycles. The minimum Gasteiger partial charge on any atom is -0.469 e. The molecule has 4 atom stereocenters. The Morgan fingerprint density at radius 2 is 2.16 bits per heavy atom. The fraction of sp³-hybridized carbons (Fsp3) is 0.812. The molecule has 0 saturated heterocycles. The Kier molecular flexibility index (Phi) is 6.34. The Balaban J connectivity index is 2.87. The van der Waals surface area contributed by atoms with Crippen molar-refractivity contribution < 1.29 is 9.53 Å². The molecule has 0 aliphatic heterocycles. The van der Waals surface area contributed by atoms with Crippen molar-refractivity contribution in [2.24, 2.45) is 23.2 Å². The number of ether oxygens (including phenoxy) is 1. The van der Waals surface area contributed by atoms with Gasteiger partial charge in [-0.05, 0) is 37.0 Å². The molecule has 0 aromatic rings. The molecule has 3 heteroatoms. The summed E-state index contributed by atoms with van der Waals surface area (Å²) in [7, 11) is 1.47. The maximum atomic E-state index is 11.9. The van der Waals surface area contributed by atoms with Crippen LogP contribution < -0.4 is 0 Å². The SMILES string of the molecule is C=C(C)C(C[C@H]1CCC[C@H](C)[C@@]1(C)CI)C(=O)OC. The van der Waals surface area contributed by atoms with Gasteiger partial charge >= 0.3 is 5.97 Å². The maximum Gasteiger partial charge on any atom is 0.312 e. The van der Waals surface area contributed by atoms with Crippen molar-refractivity contribution in [1.82, 2.24) is 0 Å². The van der Waals surface area contributed by atoms with Crippen molar-refractivity contribution in [2.75, 3.05) is 11.5 Å². The lowest BCUT2D eigenvalue weighted by molar-refractivity contribution is -0.145. The second-order valence-electron chi connectivity index (χ2n) is 6.33. The second-order valence-corrected chi connectivity index (χ2v) is 7.09. The molecule has 2 nitrogen and oxygen atoms in total. The Morgan fingerprint density at radius 1 is 1.53 bits per heavy atom. The van der Waals surface area contributed by atoms with Crippen molar-refractivity contribution in [1.29, 1.82) is 0 Å². The zero-order chi connectivity index (χ0) is 14.6. The molecule has 0 N–H and O–H groups in total. The fourth-order valence-corrected chi connectivity index (χ4v) is 4.66. The number of alkyl halides is 1. The number of hydrogen-bond donors (Lipinski definition) is 0. The number of carbonyl (C=O) groups is 1. The molecule has 1 fully saturated rings. The van der Waals surface area contributed by atoms with Gasteiger partial charge in [0.15, 0.2) is 0 Å². The monoisotopic (exact) mass is 378 g/mol. The molecule has 110 valence electrons. The zero-order valence-corrected chi connectivity index (χ0v) is 14.8. The average Bonchev–Trinajstić information content (AvgIpc) is 2.39. The van der Waals surface area contributed by atoms with Crippen LogP contribution >= 0.6 is 22.6 Å². The van der Waals surface area contributed by atoms with E-state index in [0.717, 1.165) is 22.3 Å². The highest BCUT2D eigenvalue weighted by Gasteiger charge is 2.42. The van der Waals surface area contributed by atoms with Crippen LogP contribution in [0.5, 0.6) is 0 Å². The molecule has 0 spiro atoms. The van der Waals surface area contributed by atoms with E-state index in [-0.39, 0.29) is 11.9 Å². The molecule has 1 aliphatic rings. The van der Waals surface area contributed by atoms with Crippen molar-refractivity contribution >= 4 is 28.6 Å². The van der Waals surface area contributed by atoms with Gasteiger partial charge in [0.05, 0.1) is 13.0 Å². The first-order valence-electron chi connectivity index (χ1n) is 7.16. The molecule has 0 bridgehead atoms. The summed E-state index contributed by atoms with van der Waals surface area (Å²) in [6.07, 6.45) is 4.71. The molecule has 0 heterocycles. The molecule has 1 aliphatic carbocycles. The Morgan fingerprint density at radius 3 is 2.63 bits per heavy atom. The lowest BCUT2D eigenvalue weighted by atomic mass is 9.60. The van der Waals surface area contributed by atoms with Crippen LogP contribution in [0.3, 0.4) is 0 Å². The normalized spacial score (nSPS) is 32.7. The molecule has 19 heavy (non-hydrogen) atoms. The van der Waals surface area contributed by atoms with Crippen LogP contribution in [0.25, 0.3) is 0 Å². The molecular weight excluding hydrogens is 351 g/mol. The number of methoxy groups -OCH3 is 1. The lowest BCUT2D eigenvalue weighted by Gasteiger charge is -2.46. The van der Waals surface area contributed by atoms with Crippen LogP contribution in [-0.4, -0.2) is 17.5 Å². The van der Waals surface area contributed by atoms with Gasteiger partial charge in [-0.3, -0.25) is 4.79 Å². The highest BCUT2D eigenvalue weighted by atomic mass is 127. The third-order valence-electron chi connectivity index (χ3n) is 5.14. The molecule has 0 amide bonds. The summed E-state index contributed by atoms with van der Waals surface area (Å²) in [4.78, 5) is 11.9. The lowest BCUT2D eigenvalue weighted by Crippen LogP contribution is -2.41. The standard InChI is InChI=1S/C16H27IO2/c1-11(2)14(15(18)19-5)9-13-8-6-7-12(3)16(13,4)10-17/h12-14H,1,6-10H2,2-5H3/t12-,13+,14?,16+/m0/s1. The van der Waals surface area contributed by atoms with E-state index in [1.807, 2.05) is 6.92 Å². The highest BCUT2D eigenvalue weighted by Crippen LogP contribution is 2.49. The molecule has 1 saturated carbocycles. The summed E-state index contributed by atoms with van der Waals surface area (Å²) in [5, 5.41) is 0. The minimum atomic E-state index is -0.137. The van der Waals surface area contributed by atoms with E-state index in [1.54, 1.807) is 0 Å². The van der Waals surface area contributed by atoms with E-state index < -0.39 is 0 Å². The van der Waals surface area contributed by atoms with Gasteiger partial charge in [-0.25, -0.2) is 0 Å². The molecule has 1 rings (SSSR count). The van der Waals surface area contributed by atoms with E-state index in [0.29, 0.717) is 11.3 Å². The predicted octanol–water partition coefficient (Wildman–Crippen LogP) is 4.62. The van der Waals surface area contributed by atoms with Crippen LogP contribution in [0.15, 0.2) is 12.2 Å². The average molecular weight is 378 g/mol. The van der Waals surface area contributed by atoms with E-state index in [9.17, 15) is 4.79 Å². The Labute approximate surface area is 131 Å². The van der Waals surface area contributed by atoms with Crippen LogP contribution in [0.4, 0.5) is 0 Å². The summed E-state index contributed by atoms with van der Waals surface area (Å²) in [6, 6.07) is 0. The van der Waals surface area contributed by atoms with Gasteiger partial charge in [-0.1, -0.05) is 61.4 Å². The van der Waals surface area contributed by atoms with Gasteiger partial charge in [0.25, 0.3) is 0 Å². The van der Waals surface area contributed by atoms with Gasteiger partial charge in [0.2, 0.25) is 0 Å². The summed E-state index contributed by atoms with van der Waals surface area (Å²) in [5.74, 6) is 1.06. The fourth-order valence-electron chi connectivity index (χ4n) is 3.29. The van der Waals surface area contributed by atoms with Crippen LogP contribution in [-0.2, 0) is 9.53 Å². The Hall–Kier alpha value is -0.0600. The van der Waals surface area contributed by atoms with Crippen LogP contribution in [0.2, 0.25) is 0 Å². The number of halogens is 1. The first kappa shape index (κ1) is 17.0. The minimum absolute atomic E-state index is 0.124. The number of rotatable bonds is 5. The molecular formula is C16H27IO2. The summed E-state index contributed by atoms with van der Waals surface area (Å²) < 4.78 is 6.10. The van der Waals surface area contributed by atoms with Gasteiger partial charge < -0.3 is 4.74 Å². The van der Waals surface area contributed by atoms with Crippen LogP contribution in [0, 0.1) is 23.2 Å². The number of esters is 1. The third-order valence-corrected chi connectivity index (χ3v) is 6.78. The van der Waals surface area contributed by atoms with Gasteiger partial charge in [-0.2, -0.15) is 0 Å². The largest absolute Gasteiger partial charge is 0.469 e. The number of hydrogen-bond acceptors (Lipinski definition) is 2. The van der Waals surface area contributed by atoms with Gasteiger partial charge in [0.1, 0.15) is 0 Å². The third kappa shape index (κ3) is 3.73. The topological polar surface area (TPSA) is 26.3 Å². The van der Waals surface area contributed by atoms with Crippen molar-refractivity contribution in [2.45, 2.75) is 46.5 Å². The molecule has 0 aromatic heterocycles. The Bertz CT molecular complexity index is 340. The second kappa shape index (κ2) is 7.09. The van der Waals surface area contributed by atoms with Crippen molar-refractivity contribution in [3.8, 4) is 0 Å². The van der Waals surface area contributed by atoms with Crippen molar-refractivity contribution in [3.05, 3.63) is 12.2 Å². The highest BCUT2D eigenvalue weighted by molar-refractivity contribution is 14.1. The summed E-state index contributed by atoms with van der Waals surface area (Å²) in [6.45, 7) is 10.7. The maximum absolute atomic E-state index is 11.9. The smallest absolute Gasteiger partial charge is 0.312 e. The molecule has 1 unspecified atom stereocenters. The van der Waals surface area contributed by atoms with E-state index in [2.05, 4.69) is 43.0 Å². The van der Waals surface area contributed by atoms with E-state index in [1.165, 1.54) is 26.4 Å². The van der Waals surface area contributed by atoms with Crippen LogP contribution in [0.1, 0.15) is 46.5 Å².